The molecule has 2 saturated heterocycles. The number of rotatable bonds is 6. The van der Waals surface area contributed by atoms with Crippen LogP contribution in [0.5, 0.6) is 0 Å². The first kappa shape index (κ1) is 27.3. The number of nitrogens with one attached hydrogen (secondary N) is 1. The molecule has 3 heterocycles. The van der Waals surface area contributed by atoms with E-state index in [-0.39, 0.29) is 5.91 Å². The highest BCUT2D eigenvalue weighted by Crippen LogP contribution is 2.31. The van der Waals surface area contributed by atoms with Gasteiger partial charge in [0.05, 0.1) is 33.2 Å². The molecule has 2 aliphatic rings. The van der Waals surface area contributed by atoms with E-state index in [9.17, 15) is 13.2 Å². The lowest BCUT2D eigenvalue weighted by atomic mass is 9.97. The number of carbonyl (C=O) groups is 1. The summed E-state index contributed by atoms with van der Waals surface area (Å²) in [6.45, 7) is 5.99. The summed E-state index contributed by atoms with van der Waals surface area (Å²) in [4.78, 5) is 24.0. The van der Waals surface area contributed by atoms with E-state index in [1.54, 1.807) is 24.3 Å². The van der Waals surface area contributed by atoms with E-state index < -0.39 is 10.0 Å². The maximum Gasteiger partial charge on any atom is 0.253 e. The van der Waals surface area contributed by atoms with E-state index in [1.807, 2.05) is 4.90 Å². The highest BCUT2D eigenvalue weighted by Gasteiger charge is 2.35. The lowest BCUT2D eigenvalue weighted by Crippen LogP contribution is -2.58. The number of halogens is 3. The number of pyridine rings is 1. The number of nitrogens with zero attached hydrogens (tertiary/aromatic N) is 4. The third-order valence-electron chi connectivity index (χ3n) is 6.81. The van der Waals surface area contributed by atoms with Crippen LogP contribution in [0.2, 0.25) is 15.1 Å². The number of carbonyl (C=O) groups excluding carboxylic acids is 1. The van der Waals surface area contributed by atoms with Gasteiger partial charge in [0.15, 0.2) is 0 Å². The van der Waals surface area contributed by atoms with Crippen LogP contribution in [0.3, 0.4) is 0 Å². The molecule has 1 amide bonds. The Bertz CT molecular complexity index is 1220. The zero-order valence-electron chi connectivity index (χ0n) is 20.3. The number of anilines is 2. The summed E-state index contributed by atoms with van der Waals surface area (Å²) >= 11 is 18.6. The first-order chi connectivity index (χ1) is 17.1. The molecule has 1 aromatic heterocycles. The Hall–Kier alpha value is -1.78. The predicted octanol–water partition coefficient (Wildman–Crippen LogP) is 4.62. The number of piperidine rings is 1. The zero-order valence-corrected chi connectivity index (χ0v) is 23.3. The summed E-state index contributed by atoms with van der Waals surface area (Å²) in [7, 11) is -3.40. The van der Waals surface area contributed by atoms with Crippen LogP contribution in [0.1, 0.15) is 36.5 Å². The molecule has 12 heteroatoms. The van der Waals surface area contributed by atoms with Gasteiger partial charge >= 0.3 is 0 Å². The first-order valence-corrected chi connectivity index (χ1v) is 15.0. The fourth-order valence-electron chi connectivity index (χ4n) is 5.05. The molecule has 4 rings (SSSR count). The number of aromatic nitrogens is 1. The second-order valence-corrected chi connectivity index (χ2v) is 12.3. The average molecular weight is 575 g/mol. The third kappa shape index (κ3) is 6.37. The summed E-state index contributed by atoms with van der Waals surface area (Å²) in [5, 5.41) is 1.24. The average Bonchev–Trinajstić information content (AvgIpc) is 2.84. The molecule has 2 aliphatic heterocycles. The lowest BCUT2D eigenvalue weighted by molar-refractivity contribution is 0.0491. The Morgan fingerprint density at radius 2 is 1.78 bits per heavy atom. The third-order valence-corrected chi connectivity index (χ3v) is 8.43. The molecule has 196 valence electrons. The maximum absolute atomic E-state index is 12.9. The van der Waals surface area contributed by atoms with Crippen molar-refractivity contribution in [3.8, 4) is 0 Å². The predicted molar refractivity (Wildman–Crippen MR) is 146 cm³/mol. The minimum atomic E-state index is -3.40. The molecule has 2 fully saturated rings. The monoisotopic (exact) mass is 573 g/mol. The number of benzene rings is 1. The largest absolute Gasteiger partial charge is 0.353 e. The van der Waals surface area contributed by atoms with Crippen LogP contribution < -0.4 is 9.62 Å². The second kappa shape index (κ2) is 11.3. The number of amides is 1. The number of likely N-dealkylation sites (tertiary alicyclic amines) is 1. The Labute approximate surface area is 227 Å². The fraction of sp³-hybridized carbons (Fsp3) is 0.500. The normalized spacial score (nSPS) is 20.0. The van der Waals surface area contributed by atoms with Crippen molar-refractivity contribution in [1.29, 1.82) is 0 Å². The fourth-order valence-corrected chi connectivity index (χ4v) is 6.18. The van der Waals surface area contributed by atoms with Crippen molar-refractivity contribution in [2.75, 3.05) is 48.6 Å². The van der Waals surface area contributed by atoms with Crippen LogP contribution in [-0.2, 0) is 10.0 Å². The van der Waals surface area contributed by atoms with E-state index in [4.69, 9.17) is 34.8 Å². The molecular weight excluding hydrogens is 545 g/mol. The van der Waals surface area contributed by atoms with E-state index >= 15 is 0 Å². The molecule has 1 N–H and O–H groups in total. The number of hydrogen-bond acceptors (Lipinski definition) is 6. The van der Waals surface area contributed by atoms with Crippen LogP contribution in [-0.4, -0.2) is 80.2 Å². The Kier molecular flexibility index (Phi) is 8.56. The van der Waals surface area contributed by atoms with Gasteiger partial charge in [-0.05, 0) is 43.5 Å². The number of piperazine rings is 1. The van der Waals surface area contributed by atoms with Crippen molar-refractivity contribution in [3.05, 3.63) is 51.1 Å². The molecule has 0 aliphatic carbocycles. The zero-order chi connectivity index (χ0) is 26.0. The highest BCUT2D eigenvalue weighted by atomic mass is 35.5. The van der Waals surface area contributed by atoms with Crippen molar-refractivity contribution in [3.63, 3.8) is 0 Å². The van der Waals surface area contributed by atoms with E-state index in [0.717, 1.165) is 45.2 Å². The van der Waals surface area contributed by atoms with Gasteiger partial charge in [-0.3, -0.25) is 14.4 Å². The van der Waals surface area contributed by atoms with Gasteiger partial charge in [0.25, 0.3) is 5.91 Å². The minimum Gasteiger partial charge on any atom is -0.353 e. The molecule has 1 aromatic carbocycles. The Morgan fingerprint density at radius 1 is 1.06 bits per heavy atom. The van der Waals surface area contributed by atoms with Gasteiger partial charge in [0.1, 0.15) is 5.82 Å². The maximum atomic E-state index is 12.9. The summed E-state index contributed by atoms with van der Waals surface area (Å²) < 4.78 is 25.4. The molecule has 0 spiro atoms. The van der Waals surface area contributed by atoms with E-state index in [1.165, 1.54) is 6.20 Å². The quantitative estimate of drug-likeness (QED) is 0.542. The van der Waals surface area contributed by atoms with Crippen molar-refractivity contribution in [2.24, 2.45) is 0 Å². The molecular formula is C24H30Cl3N5O3S. The van der Waals surface area contributed by atoms with Gasteiger partial charge in [0.2, 0.25) is 10.0 Å². The van der Waals surface area contributed by atoms with E-state index in [0.29, 0.717) is 57.3 Å². The van der Waals surface area contributed by atoms with E-state index in [2.05, 4.69) is 26.4 Å². The minimum absolute atomic E-state index is 0.0154. The first-order valence-electron chi connectivity index (χ1n) is 11.9. The molecule has 8 nitrogen and oxygen atoms in total. The highest BCUT2D eigenvalue weighted by molar-refractivity contribution is 7.92. The Morgan fingerprint density at radius 3 is 2.39 bits per heavy atom. The van der Waals surface area contributed by atoms with Gasteiger partial charge in [-0.25, -0.2) is 13.4 Å². The molecule has 0 bridgehead atoms. The molecule has 36 heavy (non-hydrogen) atoms. The smallest absolute Gasteiger partial charge is 0.253 e. The molecule has 1 unspecified atom stereocenters. The summed E-state index contributed by atoms with van der Waals surface area (Å²) in [6, 6.07) is 7.34. The van der Waals surface area contributed by atoms with Crippen molar-refractivity contribution in [1.82, 2.24) is 14.8 Å². The van der Waals surface area contributed by atoms with Gasteiger partial charge in [-0.2, -0.15) is 0 Å². The van der Waals surface area contributed by atoms with Crippen LogP contribution in [0, 0.1) is 0 Å². The van der Waals surface area contributed by atoms with Crippen molar-refractivity contribution < 1.29 is 13.2 Å². The van der Waals surface area contributed by atoms with Gasteiger partial charge in [-0.15, -0.1) is 0 Å². The molecule has 0 radical (unpaired) electrons. The Balaban J connectivity index is 1.36. The summed E-state index contributed by atoms with van der Waals surface area (Å²) in [5.41, 5.74) is 0.907. The lowest BCUT2D eigenvalue weighted by Gasteiger charge is -2.47. The molecule has 1 atom stereocenters. The number of sulfonamides is 1. The van der Waals surface area contributed by atoms with Gasteiger partial charge < -0.3 is 9.80 Å². The SMILES string of the molecule is CCC1CN(c2ncc(NS(C)(=O)=O)cc2Cl)CCN1C1CCN(C(=O)c2ccc(Cl)c(Cl)c2)CC1. The summed E-state index contributed by atoms with van der Waals surface area (Å²) in [5.74, 6) is 0.647. The van der Waals surface area contributed by atoms with Crippen LogP contribution in [0.25, 0.3) is 0 Å². The van der Waals surface area contributed by atoms with Crippen LogP contribution >= 0.6 is 34.8 Å². The van der Waals surface area contributed by atoms with Crippen LogP contribution in [0.4, 0.5) is 11.5 Å². The summed E-state index contributed by atoms with van der Waals surface area (Å²) in [6.07, 6.45) is 5.39. The second-order valence-electron chi connectivity index (χ2n) is 9.30. The standard InChI is InChI=1S/C24H30Cl3N5O3S/c1-3-18-15-31(23-22(27)13-17(14-28-23)29-36(2,34)35)10-11-32(18)19-6-8-30(9-7-19)24(33)16-4-5-20(25)21(26)12-16/h4-5,12-14,18-19,29H,3,6-11,15H2,1-2H3. The number of hydrogen-bond donors (Lipinski definition) is 1. The van der Waals surface area contributed by atoms with Crippen molar-refractivity contribution in [2.45, 2.75) is 38.3 Å². The molecule has 2 aromatic rings. The van der Waals surface area contributed by atoms with Crippen LogP contribution in [0.15, 0.2) is 30.5 Å². The van der Waals surface area contributed by atoms with Gasteiger partial charge in [0, 0.05) is 50.4 Å². The topological polar surface area (TPSA) is 85.8 Å². The molecule has 0 saturated carbocycles. The van der Waals surface area contributed by atoms with Crippen molar-refractivity contribution >= 4 is 62.2 Å². The van der Waals surface area contributed by atoms with Gasteiger partial charge in [-0.1, -0.05) is 41.7 Å².